The third-order valence-electron chi connectivity index (χ3n) is 4.09. The summed E-state index contributed by atoms with van der Waals surface area (Å²) in [5.41, 5.74) is 1.70. The second-order valence-electron chi connectivity index (χ2n) is 6.45. The molecule has 5 nitrogen and oxygen atoms in total. The maximum atomic E-state index is 12.1. The molecule has 0 saturated heterocycles. The lowest BCUT2D eigenvalue weighted by Crippen LogP contribution is -2.39. The number of amides is 1. The van der Waals surface area contributed by atoms with Crippen molar-refractivity contribution >= 4 is 23.2 Å². The van der Waals surface area contributed by atoms with E-state index in [0.29, 0.717) is 24.6 Å². The number of benzene rings is 1. The molecule has 2 rings (SSSR count). The number of hydrogen-bond acceptors (Lipinski definition) is 3. The van der Waals surface area contributed by atoms with Gasteiger partial charge in [0.2, 0.25) is 0 Å². The summed E-state index contributed by atoms with van der Waals surface area (Å²) < 4.78 is 0. The van der Waals surface area contributed by atoms with Gasteiger partial charge < -0.3 is 16.0 Å². The molecule has 0 radical (unpaired) electrons. The molecule has 1 amide bonds. The molecule has 1 atom stereocenters. The first-order valence-corrected chi connectivity index (χ1v) is 10.4. The monoisotopic (exact) mass is 386 g/mol. The molecular weight excluding hydrogens is 356 g/mol. The Balaban J connectivity index is 1.96. The highest BCUT2D eigenvalue weighted by atomic mass is 32.1. The molecule has 146 valence electrons. The van der Waals surface area contributed by atoms with Crippen LogP contribution in [0.4, 0.5) is 0 Å². The zero-order chi connectivity index (χ0) is 19.5. The summed E-state index contributed by atoms with van der Waals surface area (Å²) in [5, 5.41) is 11.7. The van der Waals surface area contributed by atoms with E-state index in [0.717, 1.165) is 31.0 Å². The van der Waals surface area contributed by atoms with Crippen molar-refractivity contribution in [1.82, 2.24) is 16.0 Å². The Hall–Kier alpha value is -2.34. The van der Waals surface area contributed by atoms with Gasteiger partial charge in [0, 0.05) is 36.0 Å². The summed E-state index contributed by atoms with van der Waals surface area (Å²) in [7, 11) is 0. The highest BCUT2D eigenvalue weighted by Gasteiger charge is 2.08. The highest BCUT2D eigenvalue weighted by Crippen LogP contribution is 2.19. The fourth-order valence-corrected chi connectivity index (χ4v) is 3.37. The van der Waals surface area contributed by atoms with E-state index in [1.807, 2.05) is 31.2 Å². The Morgan fingerprint density at radius 1 is 1.15 bits per heavy atom. The Morgan fingerprint density at radius 3 is 2.70 bits per heavy atom. The SMILES string of the molecule is CCCNC(=O)c1cccc(CN=C(NCC)NCC(C)c2cccs2)c1. The Morgan fingerprint density at radius 2 is 2.00 bits per heavy atom. The minimum atomic E-state index is -0.0301. The third kappa shape index (κ3) is 7.06. The van der Waals surface area contributed by atoms with Gasteiger partial charge in [0.1, 0.15) is 0 Å². The number of nitrogens with one attached hydrogen (secondary N) is 3. The molecule has 0 bridgehead atoms. The average molecular weight is 387 g/mol. The number of carbonyl (C=O) groups is 1. The van der Waals surface area contributed by atoms with Crippen LogP contribution in [0.3, 0.4) is 0 Å². The zero-order valence-electron chi connectivity index (χ0n) is 16.4. The van der Waals surface area contributed by atoms with Crippen LogP contribution in [0.15, 0.2) is 46.8 Å². The minimum absolute atomic E-state index is 0.0301. The van der Waals surface area contributed by atoms with Crippen LogP contribution < -0.4 is 16.0 Å². The Bertz CT molecular complexity index is 728. The van der Waals surface area contributed by atoms with Crippen molar-refractivity contribution in [2.24, 2.45) is 4.99 Å². The fourth-order valence-electron chi connectivity index (χ4n) is 2.59. The molecule has 0 aliphatic heterocycles. The van der Waals surface area contributed by atoms with Gasteiger partial charge in [-0.2, -0.15) is 0 Å². The summed E-state index contributed by atoms with van der Waals surface area (Å²) in [4.78, 5) is 18.1. The van der Waals surface area contributed by atoms with E-state index in [1.165, 1.54) is 4.88 Å². The topological polar surface area (TPSA) is 65.5 Å². The van der Waals surface area contributed by atoms with Crippen molar-refractivity contribution in [2.45, 2.75) is 39.7 Å². The molecule has 6 heteroatoms. The number of aliphatic imine (C=N–C) groups is 1. The predicted octanol–water partition coefficient (Wildman–Crippen LogP) is 3.75. The van der Waals surface area contributed by atoms with Crippen LogP contribution in [0.5, 0.6) is 0 Å². The quantitative estimate of drug-likeness (QED) is 0.454. The summed E-state index contributed by atoms with van der Waals surface area (Å²) >= 11 is 1.78. The van der Waals surface area contributed by atoms with Gasteiger partial charge in [-0.3, -0.25) is 4.79 Å². The minimum Gasteiger partial charge on any atom is -0.357 e. The average Bonchev–Trinajstić information content (AvgIpc) is 3.23. The van der Waals surface area contributed by atoms with Gasteiger partial charge in [-0.15, -0.1) is 11.3 Å². The first-order chi connectivity index (χ1) is 13.1. The van der Waals surface area contributed by atoms with Crippen LogP contribution in [-0.4, -0.2) is 31.5 Å². The summed E-state index contributed by atoms with van der Waals surface area (Å²) in [6.45, 7) is 9.15. The number of thiophene rings is 1. The molecule has 0 saturated carbocycles. The normalized spacial score (nSPS) is 12.5. The van der Waals surface area contributed by atoms with E-state index in [4.69, 9.17) is 0 Å². The molecule has 27 heavy (non-hydrogen) atoms. The number of nitrogens with zero attached hydrogens (tertiary/aromatic N) is 1. The van der Waals surface area contributed by atoms with Gasteiger partial charge >= 0.3 is 0 Å². The number of guanidine groups is 1. The molecule has 3 N–H and O–H groups in total. The maximum absolute atomic E-state index is 12.1. The Labute approximate surface area is 166 Å². The van der Waals surface area contributed by atoms with Crippen molar-refractivity contribution in [1.29, 1.82) is 0 Å². The van der Waals surface area contributed by atoms with E-state index in [9.17, 15) is 4.79 Å². The van der Waals surface area contributed by atoms with Crippen molar-refractivity contribution in [3.63, 3.8) is 0 Å². The molecular formula is C21H30N4OS. The molecule has 0 fully saturated rings. The van der Waals surface area contributed by atoms with Gasteiger partial charge in [0.05, 0.1) is 6.54 Å². The number of carbonyl (C=O) groups excluding carboxylic acids is 1. The van der Waals surface area contributed by atoms with Gasteiger partial charge in [0.25, 0.3) is 5.91 Å². The van der Waals surface area contributed by atoms with E-state index >= 15 is 0 Å². The van der Waals surface area contributed by atoms with Crippen molar-refractivity contribution in [2.75, 3.05) is 19.6 Å². The van der Waals surface area contributed by atoms with Gasteiger partial charge in [0.15, 0.2) is 5.96 Å². The molecule has 0 aliphatic rings. The molecule has 1 aromatic heterocycles. The van der Waals surface area contributed by atoms with Crippen LogP contribution >= 0.6 is 11.3 Å². The van der Waals surface area contributed by atoms with Gasteiger partial charge in [-0.1, -0.05) is 32.0 Å². The summed E-state index contributed by atoms with van der Waals surface area (Å²) in [5.74, 6) is 1.19. The van der Waals surface area contributed by atoms with Crippen molar-refractivity contribution < 1.29 is 4.79 Å². The number of rotatable bonds is 9. The van der Waals surface area contributed by atoms with Crippen LogP contribution in [0.25, 0.3) is 0 Å². The maximum Gasteiger partial charge on any atom is 0.251 e. The van der Waals surface area contributed by atoms with Gasteiger partial charge in [-0.05, 0) is 42.5 Å². The Kier molecular flexibility index (Phi) is 8.84. The van der Waals surface area contributed by atoms with E-state index in [-0.39, 0.29) is 5.91 Å². The van der Waals surface area contributed by atoms with Gasteiger partial charge in [-0.25, -0.2) is 4.99 Å². The first kappa shape index (κ1) is 21.0. The second-order valence-corrected chi connectivity index (χ2v) is 7.43. The predicted molar refractivity (Wildman–Crippen MR) is 115 cm³/mol. The van der Waals surface area contributed by atoms with Crippen LogP contribution in [0.1, 0.15) is 53.9 Å². The lowest BCUT2D eigenvalue weighted by atomic mass is 10.1. The zero-order valence-corrected chi connectivity index (χ0v) is 17.2. The van der Waals surface area contributed by atoms with Crippen molar-refractivity contribution in [3.05, 3.63) is 57.8 Å². The largest absolute Gasteiger partial charge is 0.357 e. The molecule has 1 unspecified atom stereocenters. The molecule has 2 aromatic rings. The van der Waals surface area contributed by atoms with Crippen molar-refractivity contribution in [3.8, 4) is 0 Å². The summed E-state index contributed by atoms with van der Waals surface area (Å²) in [6.07, 6.45) is 0.928. The lowest BCUT2D eigenvalue weighted by molar-refractivity contribution is 0.0953. The lowest BCUT2D eigenvalue weighted by Gasteiger charge is -2.15. The fraction of sp³-hybridized carbons (Fsp3) is 0.429. The number of hydrogen-bond donors (Lipinski definition) is 3. The van der Waals surface area contributed by atoms with E-state index in [2.05, 4.69) is 52.3 Å². The molecule has 0 spiro atoms. The second kappa shape index (κ2) is 11.4. The first-order valence-electron chi connectivity index (χ1n) is 9.56. The van der Waals surface area contributed by atoms with Crippen LogP contribution in [0, 0.1) is 0 Å². The molecule has 1 aromatic carbocycles. The standard InChI is InChI=1S/C21H30N4OS/c1-4-11-23-20(26)18-9-6-8-17(13-18)15-25-21(22-5-2)24-14-16(3)19-10-7-12-27-19/h6-10,12-13,16H,4-5,11,14-15H2,1-3H3,(H,23,26)(H2,22,24,25). The van der Waals surface area contributed by atoms with E-state index < -0.39 is 0 Å². The molecule has 1 heterocycles. The highest BCUT2D eigenvalue weighted by molar-refractivity contribution is 7.10. The van der Waals surface area contributed by atoms with E-state index in [1.54, 1.807) is 11.3 Å². The third-order valence-corrected chi connectivity index (χ3v) is 5.20. The van der Waals surface area contributed by atoms with Crippen LogP contribution in [0.2, 0.25) is 0 Å². The summed E-state index contributed by atoms with van der Waals surface area (Å²) in [6, 6.07) is 11.9. The van der Waals surface area contributed by atoms with Crippen LogP contribution in [-0.2, 0) is 6.54 Å². The smallest absolute Gasteiger partial charge is 0.251 e. The molecule has 0 aliphatic carbocycles.